The van der Waals surface area contributed by atoms with Crippen molar-refractivity contribution in [3.05, 3.63) is 0 Å². The van der Waals surface area contributed by atoms with Crippen molar-refractivity contribution in [2.45, 2.75) is 58.9 Å². The Hall–Kier alpha value is -0.570. The molecule has 3 heteroatoms. The van der Waals surface area contributed by atoms with E-state index in [4.69, 9.17) is 5.73 Å². The van der Waals surface area contributed by atoms with Crippen LogP contribution in [0.5, 0.6) is 0 Å². The van der Waals surface area contributed by atoms with E-state index in [9.17, 15) is 4.79 Å². The van der Waals surface area contributed by atoms with Crippen molar-refractivity contribution in [2.75, 3.05) is 6.54 Å². The fourth-order valence-electron chi connectivity index (χ4n) is 2.76. The Bertz CT molecular complexity index is 261. The quantitative estimate of drug-likeness (QED) is 0.771. The van der Waals surface area contributed by atoms with Crippen LogP contribution in [0.25, 0.3) is 0 Å². The van der Waals surface area contributed by atoms with Crippen LogP contribution in [0, 0.1) is 11.3 Å². The molecule has 0 radical (unpaired) electrons. The molecule has 94 valence electrons. The van der Waals surface area contributed by atoms with Gasteiger partial charge in [0.2, 0.25) is 5.91 Å². The molecule has 0 spiro atoms. The van der Waals surface area contributed by atoms with E-state index in [-0.39, 0.29) is 11.3 Å². The Morgan fingerprint density at radius 1 is 1.31 bits per heavy atom. The highest BCUT2D eigenvalue weighted by Crippen LogP contribution is 2.43. The van der Waals surface area contributed by atoms with Crippen LogP contribution >= 0.6 is 0 Å². The number of hydrogen-bond donors (Lipinski definition) is 2. The minimum atomic E-state index is -0.504. The van der Waals surface area contributed by atoms with Crippen LogP contribution < -0.4 is 11.1 Å². The van der Waals surface area contributed by atoms with Crippen molar-refractivity contribution in [1.82, 2.24) is 5.32 Å². The van der Waals surface area contributed by atoms with Crippen molar-refractivity contribution < 1.29 is 4.79 Å². The lowest BCUT2D eigenvalue weighted by Crippen LogP contribution is -2.65. The average molecular weight is 226 g/mol. The minimum Gasteiger partial charge on any atom is -0.368 e. The Balaban J connectivity index is 2.89. The predicted molar refractivity (Wildman–Crippen MR) is 67.0 cm³/mol. The molecule has 1 aliphatic rings. The SMILES string of the molecule is CC(C)CNC1(C(N)=O)CCCCC1(C)C. The largest absolute Gasteiger partial charge is 0.368 e. The second kappa shape index (κ2) is 4.74. The Morgan fingerprint density at radius 2 is 1.88 bits per heavy atom. The number of primary amides is 1. The number of nitrogens with one attached hydrogen (secondary N) is 1. The van der Waals surface area contributed by atoms with E-state index in [0.717, 1.165) is 25.8 Å². The van der Waals surface area contributed by atoms with Gasteiger partial charge >= 0.3 is 0 Å². The number of rotatable bonds is 4. The summed E-state index contributed by atoms with van der Waals surface area (Å²) in [7, 11) is 0. The summed E-state index contributed by atoms with van der Waals surface area (Å²) in [6.45, 7) is 9.47. The number of carbonyl (C=O) groups excluding carboxylic acids is 1. The molecule has 0 aromatic rings. The lowest BCUT2D eigenvalue weighted by atomic mass is 9.62. The smallest absolute Gasteiger partial charge is 0.238 e. The molecule has 1 saturated carbocycles. The summed E-state index contributed by atoms with van der Waals surface area (Å²) in [5.41, 5.74) is 5.12. The number of nitrogens with two attached hydrogens (primary N) is 1. The number of hydrogen-bond acceptors (Lipinski definition) is 2. The maximum absolute atomic E-state index is 11.9. The molecular formula is C13H26N2O. The second-order valence-corrected chi connectivity index (χ2v) is 6.14. The Kier molecular flexibility index (Phi) is 4.00. The molecule has 1 unspecified atom stereocenters. The maximum atomic E-state index is 11.9. The maximum Gasteiger partial charge on any atom is 0.238 e. The van der Waals surface area contributed by atoms with Crippen LogP contribution in [-0.4, -0.2) is 18.0 Å². The van der Waals surface area contributed by atoms with Gasteiger partial charge in [-0.3, -0.25) is 4.79 Å². The molecule has 1 aliphatic carbocycles. The van der Waals surface area contributed by atoms with Crippen molar-refractivity contribution in [3.63, 3.8) is 0 Å². The topological polar surface area (TPSA) is 55.1 Å². The summed E-state index contributed by atoms with van der Waals surface area (Å²) < 4.78 is 0. The van der Waals surface area contributed by atoms with Gasteiger partial charge in [0, 0.05) is 0 Å². The first-order valence-corrected chi connectivity index (χ1v) is 6.37. The molecule has 1 rings (SSSR count). The lowest BCUT2D eigenvalue weighted by Gasteiger charge is -2.49. The van der Waals surface area contributed by atoms with Gasteiger partial charge in [-0.2, -0.15) is 0 Å². The summed E-state index contributed by atoms with van der Waals surface area (Å²) in [4.78, 5) is 11.9. The summed E-state index contributed by atoms with van der Waals surface area (Å²) in [6.07, 6.45) is 4.24. The molecule has 1 fully saturated rings. The van der Waals surface area contributed by atoms with Crippen molar-refractivity contribution in [1.29, 1.82) is 0 Å². The first kappa shape index (κ1) is 13.5. The molecule has 0 bridgehead atoms. The van der Waals surface area contributed by atoms with E-state index < -0.39 is 5.54 Å². The van der Waals surface area contributed by atoms with Crippen LogP contribution in [0.3, 0.4) is 0 Å². The van der Waals surface area contributed by atoms with E-state index in [0.29, 0.717) is 5.92 Å². The summed E-state index contributed by atoms with van der Waals surface area (Å²) >= 11 is 0. The third-order valence-corrected chi connectivity index (χ3v) is 3.99. The van der Waals surface area contributed by atoms with Gasteiger partial charge in [0.15, 0.2) is 0 Å². The van der Waals surface area contributed by atoms with E-state index in [2.05, 4.69) is 33.0 Å². The molecule has 3 N–H and O–H groups in total. The summed E-state index contributed by atoms with van der Waals surface area (Å²) in [5.74, 6) is 0.354. The highest BCUT2D eigenvalue weighted by Gasteiger charge is 2.50. The molecule has 0 aromatic carbocycles. The third-order valence-electron chi connectivity index (χ3n) is 3.99. The van der Waals surface area contributed by atoms with Crippen LogP contribution in [0.4, 0.5) is 0 Å². The zero-order valence-electron chi connectivity index (χ0n) is 11.1. The van der Waals surface area contributed by atoms with Gasteiger partial charge in [0.05, 0.1) is 0 Å². The van der Waals surface area contributed by atoms with Gasteiger partial charge in [0.25, 0.3) is 0 Å². The molecule has 0 aliphatic heterocycles. The zero-order chi connectivity index (χ0) is 12.4. The molecule has 1 atom stereocenters. The fraction of sp³-hybridized carbons (Fsp3) is 0.923. The molecule has 0 aromatic heterocycles. The molecule has 1 amide bonds. The van der Waals surface area contributed by atoms with Crippen LogP contribution in [0.15, 0.2) is 0 Å². The average Bonchev–Trinajstić information content (AvgIpc) is 2.15. The molecule has 3 nitrogen and oxygen atoms in total. The van der Waals surface area contributed by atoms with Crippen LogP contribution in [-0.2, 0) is 4.79 Å². The highest BCUT2D eigenvalue weighted by molar-refractivity contribution is 5.85. The van der Waals surface area contributed by atoms with E-state index >= 15 is 0 Å². The third kappa shape index (κ3) is 2.40. The monoisotopic (exact) mass is 226 g/mol. The van der Waals surface area contributed by atoms with Gasteiger partial charge in [0.1, 0.15) is 5.54 Å². The Labute approximate surface area is 99.2 Å². The van der Waals surface area contributed by atoms with Crippen LogP contribution in [0.1, 0.15) is 53.4 Å². The molecular weight excluding hydrogens is 200 g/mol. The van der Waals surface area contributed by atoms with Crippen molar-refractivity contribution in [2.24, 2.45) is 17.1 Å². The second-order valence-electron chi connectivity index (χ2n) is 6.14. The molecule has 16 heavy (non-hydrogen) atoms. The van der Waals surface area contributed by atoms with Crippen molar-refractivity contribution in [3.8, 4) is 0 Å². The standard InChI is InChI=1S/C13H26N2O/c1-10(2)9-15-13(11(14)16)8-6-5-7-12(13,3)4/h10,15H,5-9H2,1-4H3,(H2,14,16). The van der Waals surface area contributed by atoms with Gasteiger partial charge in [-0.15, -0.1) is 0 Å². The van der Waals surface area contributed by atoms with Gasteiger partial charge in [-0.1, -0.05) is 40.5 Å². The van der Waals surface area contributed by atoms with Gasteiger partial charge < -0.3 is 11.1 Å². The zero-order valence-corrected chi connectivity index (χ0v) is 11.1. The van der Waals surface area contributed by atoms with Gasteiger partial charge in [-0.25, -0.2) is 0 Å². The van der Waals surface area contributed by atoms with E-state index in [1.807, 2.05) is 0 Å². The highest BCUT2D eigenvalue weighted by atomic mass is 16.1. The van der Waals surface area contributed by atoms with E-state index in [1.165, 1.54) is 6.42 Å². The normalized spacial score (nSPS) is 29.3. The first-order valence-electron chi connectivity index (χ1n) is 6.37. The van der Waals surface area contributed by atoms with E-state index in [1.54, 1.807) is 0 Å². The summed E-state index contributed by atoms with van der Waals surface area (Å²) in [5, 5.41) is 3.45. The lowest BCUT2D eigenvalue weighted by molar-refractivity contribution is -0.131. The number of amides is 1. The van der Waals surface area contributed by atoms with Crippen molar-refractivity contribution >= 4 is 5.91 Å². The van der Waals surface area contributed by atoms with Gasteiger partial charge in [-0.05, 0) is 30.7 Å². The summed E-state index contributed by atoms with van der Waals surface area (Å²) in [6, 6.07) is 0. The molecule has 0 heterocycles. The predicted octanol–water partition coefficient (Wildman–Crippen LogP) is 2.06. The van der Waals surface area contributed by atoms with Crippen LogP contribution in [0.2, 0.25) is 0 Å². The molecule has 0 saturated heterocycles. The fourth-order valence-corrected chi connectivity index (χ4v) is 2.76. The Morgan fingerprint density at radius 3 is 2.31 bits per heavy atom. The minimum absolute atomic E-state index is 0.0357. The number of carbonyl (C=O) groups is 1. The first-order chi connectivity index (χ1) is 7.32.